The third-order valence-electron chi connectivity index (χ3n) is 2.69. The first-order chi connectivity index (χ1) is 10.4. The summed E-state index contributed by atoms with van der Waals surface area (Å²) in [4.78, 5) is 20.9. The smallest absolute Gasteiger partial charge is 0.330 e. The minimum absolute atomic E-state index is 0.128. The summed E-state index contributed by atoms with van der Waals surface area (Å²) in [6, 6.07) is 7.86. The predicted molar refractivity (Wildman–Crippen MR) is 82.8 cm³/mol. The SMILES string of the molecule is C=C(C)C(=O)O.Cc1ccc(NCC(=O)OCC2CO2)cc1. The van der Waals surface area contributed by atoms with Crippen LogP contribution in [0.5, 0.6) is 0 Å². The van der Waals surface area contributed by atoms with E-state index in [1.807, 2.05) is 31.2 Å². The molecule has 1 saturated heterocycles. The van der Waals surface area contributed by atoms with E-state index in [0.29, 0.717) is 13.2 Å². The number of hydrogen-bond acceptors (Lipinski definition) is 5. The molecule has 0 aromatic heterocycles. The van der Waals surface area contributed by atoms with Crippen LogP contribution in [0.4, 0.5) is 5.69 Å². The molecule has 1 atom stereocenters. The van der Waals surface area contributed by atoms with Crippen molar-refractivity contribution in [3.05, 3.63) is 42.0 Å². The Morgan fingerprint density at radius 3 is 2.41 bits per heavy atom. The number of carboxylic acid groups (broad SMARTS) is 1. The van der Waals surface area contributed by atoms with Gasteiger partial charge in [-0.25, -0.2) is 4.79 Å². The molecule has 1 aromatic carbocycles. The highest BCUT2D eigenvalue weighted by Crippen LogP contribution is 2.10. The van der Waals surface area contributed by atoms with Crippen LogP contribution in [0.15, 0.2) is 36.4 Å². The second-order valence-electron chi connectivity index (χ2n) is 4.94. The molecular formula is C16H21NO5. The van der Waals surface area contributed by atoms with E-state index in [9.17, 15) is 9.59 Å². The number of carboxylic acids is 1. The van der Waals surface area contributed by atoms with E-state index < -0.39 is 5.97 Å². The molecule has 0 spiro atoms. The van der Waals surface area contributed by atoms with E-state index >= 15 is 0 Å². The fraction of sp³-hybridized carbons (Fsp3) is 0.375. The molecule has 0 saturated carbocycles. The van der Waals surface area contributed by atoms with E-state index in [0.717, 1.165) is 5.69 Å². The highest BCUT2D eigenvalue weighted by atomic mass is 16.6. The number of aliphatic carboxylic acids is 1. The van der Waals surface area contributed by atoms with E-state index in [1.54, 1.807) is 0 Å². The van der Waals surface area contributed by atoms with Crippen LogP contribution in [0.25, 0.3) is 0 Å². The summed E-state index contributed by atoms with van der Waals surface area (Å²) >= 11 is 0. The normalized spacial score (nSPS) is 15.1. The maximum atomic E-state index is 11.3. The van der Waals surface area contributed by atoms with Crippen molar-refractivity contribution in [3.63, 3.8) is 0 Å². The highest BCUT2D eigenvalue weighted by molar-refractivity contribution is 5.84. The summed E-state index contributed by atoms with van der Waals surface area (Å²) in [5.74, 6) is -1.19. The molecule has 120 valence electrons. The van der Waals surface area contributed by atoms with Crippen LogP contribution in [0.2, 0.25) is 0 Å². The molecule has 2 rings (SSSR count). The molecule has 2 N–H and O–H groups in total. The Balaban J connectivity index is 0.000000346. The van der Waals surface area contributed by atoms with Crippen LogP contribution >= 0.6 is 0 Å². The fourth-order valence-electron chi connectivity index (χ4n) is 1.25. The van der Waals surface area contributed by atoms with Crippen molar-refractivity contribution in [1.29, 1.82) is 0 Å². The molecule has 6 nitrogen and oxygen atoms in total. The number of hydrogen-bond donors (Lipinski definition) is 2. The number of rotatable bonds is 6. The summed E-state index contributed by atoms with van der Waals surface area (Å²) in [6.07, 6.45) is 0.128. The number of carbonyl (C=O) groups is 2. The second kappa shape index (κ2) is 8.84. The number of aryl methyl sites for hydroxylation is 1. The van der Waals surface area contributed by atoms with Gasteiger partial charge in [0.1, 0.15) is 19.3 Å². The lowest BCUT2D eigenvalue weighted by molar-refractivity contribution is -0.142. The quantitative estimate of drug-likeness (QED) is 0.475. The second-order valence-corrected chi connectivity index (χ2v) is 4.94. The zero-order valence-corrected chi connectivity index (χ0v) is 12.8. The van der Waals surface area contributed by atoms with Crippen LogP contribution in [-0.4, -0.2) is 42.9 Å². The van der Waals surface area contributed by atoms with E-state index in [1.165, 1.54) is 12.5 Å². The maximum absolute atomic E-state index is 11.3. The Morgan fingerprint density at radius 1 is 1.41 bits per heavy atom. The maximum Gasteiger partial charge on any atom is 0.330 e. The van der Waals surface area contributed by atoms with Gasteiger partial charge in [0.2, 0.25) is 0 Å². The third kappa shape index (κ3) is 8.06. The molecule has 1 aromatic rings. The van der Waals surface area contributed by atoms with Crippen LogP contribution in [-0.2, 0) is 19.1 Å². The van der Waals surface area contributed by atoms with Crippen molar-refractivity contribution in [2.45, 2.75) is 20.0 Å². The van der Waals surface area contributed by atoms with Crippen LogP contribution in [0, 0.1) is 6.92 Å². The molecular weight excluding hydrogens is 286 g/mol. The van der Waals surface area contributed by atoms with Gasteiger partial charge in [0, 0.05) is 11.3 Å². The molecule has 1 heterocycles. The molecule has 1 unspecified atom stereocenters. The Morgan fingerprint density at radius 2 is 1.95 bits per heavy atom. The van der Waals surface area contributed by atoms with Gasteiger partial charge in [-0.2, -0.15) is 0 Å². The average molecular weight is 307 g/mol. The number of carbonyl (C=O) groups excluding carboxylic acids is 1. The lowest BCUT2D eigenvalue weighted by Crippen LogP contribution is -2.18. The minimum atomic E-state index is -0.935. The Hall–Kier alpha value is -2.34. The van der Waals surface area contributed by atoms with Crippen molar-refractivity contribution in [2.75, 3.05) is 25.1 Å². The van der Waals surface area contributed by atoms with E-state index in [4.69, 9.17) is 14.6 Å². The van der Waals surface area contributed by atoms with Gasteiger partial charge in [0.25, 0.3) is 0 Å². The molecule has 6 heteroatoms. The Labute approximate surface area is 129 Å². The molecule has 1 fully saturated rings. The summed E-state index contributed by atoms with van der Waals surface area (Å²) in [5.41, 5.74) is 2.29. The zero-order chi connectivity index (χ0) is 16.5. The highest BCUT2D eigenvalue weighted by Gasteiger charge is 2.23. The summed E-state index contributed by atoms with van der Waals surface area (Å²) < 4.78 is 9.92. The summed E-state index contributed by atoms with van der Waals surface area (Å²) in [5, 5.41) is 10.9. The zero-order valence-electron chi connectivity index (χ0n) is 12.8. The van der Waals surface area contributed by atoms with Crippen LogP contribution < -0.4 is 5.32 Å². The van der Waals surface area contributed by atoms with Gasteiger partial charge in [-0.1, -0.05) is 24.3 Å². The van der Waals surface area contributed by atoms with Gasteiger partial charge in [-0.05, 0) is 26.0 Å². The summed E-state index contributed by atoms with van der Waals surface area (Å²) in [6.45, 7) is 7.89. The monoisotopic (exact) mass is 307 g/mol. The predicted octanol–water partition coefficient (Wildman–Crippen LogP) is 2.00. The van der Waals surface area contributed by atoms with E-state index in [-0.39, 0.29) is 24.2 Å². The standard InChI is InChI=1S/C12H15NO3.C4H6O2/c1-9-2-4-10(5-3-9)13-6-12(14)16-8-11-7-15-11;1-3(2)4(5)6/h2-5,11,13H,6-8H2,1H3;1H2,2H3,(H,5,6). The van der Waals surface area contributed by atoms with Gasteiger partial charge in [0.05, 0.1) is 6.61 Å². The molecule has 1 aliphatic rings. The fourth-order valence-corrected chi connectivity index (χ4v) is 1.25. The topological polar surface area (TPSA) is 88.2 Å². The largest absolute Gasteiger partial charge is 0.478 e. The Bertz CT molecular complexity index is 508. The van der Waals surface area contributed by atoms with Crippen molar-refractivity contribution in [1.82, 2.24) is 0 Å². The first kappa shape index (κ1) is 17.7. The lowest BCUT2D eigenvalue weighted by Gasteiger charge is -2.06. The van der Waals surface area contributed by atoms with Gasteiger partial charge < -0.3 is 19.9 Å². The van der Waals surface area contributed by atoms with Gasteiger partial charge in [-0.15, -0.1) is 0 Å². The number of ether oxygens (including phenoxy) is 2. The van der Waals surface area contributed by atoms with Gasteiger partial charge in [-0.3, -0.25) is 4.79 Å². The van der Waals surface area contributed by atoms with Gasteiger partial charge in [0.15, 0.2) is 0 Å². The van der Waals surface area contributed by atoms with Gasteiger partial charge >= 0.3 is 11.9 Å². The molecule has 22 heavy (non-hydrogen) atoms. The number of esters is 1. The first-order valence-corrected chi connectivity index (χ1v) is 6.85. The average Bonchev–Trinajstić information content (AvgIpc) is 3.29. The summed E-state index contributed by atoms with van der Waals surface area (Å²) in [7, 11) is 0. The minimum Gasteiger partial charge on any atom is -0.478 e. The molecule has 0 aliphatic carbocycles. The number of anilines is 1. The number of benzene rings is 1. The van der Waals surface area contributed by atoms with Crippen molar-refractivity contribution in [2.24, 2.45) is 0 Å². The molecule has 0 bridgehead atoms. The van der Waals surface area contributed by atoms with E-state index in [2.05, 4.69) is 11.9 Å². The lowest BCUT2D eigenvalue weighted by atomic mass is 10.2. The molecule has 0 radical (unpaired) electrons. The Kier molecular flexibility index (Phi) is 7.12. The number of nitrogens with one attached hydrogen (secondary N) is 1. The van der Waals surface area contributed by atoms with Crippen molar-refractivity contribution in [3.8, 4) is 0 Å². The van der Waals surface area contributed by atoms with Crippen molar-refractivity contribution >= 4 is 17.6 Å². The molecule has 1 aliphatic heterocycles. The number of epoxide rings is 1. The van der Waals surface area contributed by atoms with Crippen LogP contribution in [0.3, 0.4) is 0 Å². The van der Waals surface area contributed by atoms with Crippen LogP contribution in [0.1, 0.15) is 12.5 Å². The van der Waals surface area contributed by atoms with Crippen molar-refractivity contribution < 1.29 is 24.2 Å². The third-order valence-corrected chi connectivity index (χ3v) is 2.69. The molecule has 0 amide bonds. The first-order valence-electron chi connectivity index (χ1n) is 6.85.